The van der Waals surface area contributed by atoms with Gasteiger partial charge < -0.3 is 15.7 Å². The zero-order valence-corrected chi connectivity index (χ0v) is 9.78. The Bertz CT molecular complexity index is 404. The number of halogens is 1. The Hall–Kier alpha value is -1.40. The number of thiol groups is 1. The van der Waals surface area contributed by atoms with Crippen LogP contribution < -0.4 is 11.5 Å². The molecule has 0 aliphatic carbocycles. The number of hydrogen-bond acceptors (Lipinski definition) is 4. The Morgan fingerprint density at radius 1 is 1.38 bits per heavy atom. The average molecular weight is 260 g/mol. The summed E-state index contributed by atoms with van der Waals surface area (Å²) in [5.74, 6) is -0.877. The fourth-order valence-electron chi connectivity index (χ4n) is 1.11. The van der Waals surface area contributed by atoms with Gasteiger partial charge in [0.1, 0.15) is 0 Å². The third kappa shape index (κ3) is 3.32. The first-order valence-electron chi connectivity index (χ1n) is 4.24. The van der Waals surface area contributed by atoms with Crippen LogP contribution in [0.3, 0.4) is 0 Å². The summed E-state index contributed by atoms with van der Waals surface area (Å²) in [6.45, 7) is 0. The predicted molar refractivity (Wildman–Crippen MR) is 65.1 cm³/mol. The van der Waals surface area contributed by atoms with Crippen molar-refractivity contribution in [3.63, 3.8) is 0 Å². The Labute approximate surface area is 103 Å². The largest absolute Gasteiger partial charge is 0.393 e. The number of benzene rings is 1. The molecule has 4 N–H and O–H groups in total. The molecule has 0 saturated carbocycles. The van der Waals surface area contributed by atoms with Crippen molar-refractivity contribution in [1.29, 1.82) is 0 Å². The number of nitrogens with two attached hydrogens (primary N) is 2. The maximum atomic E-state index is 11.4. The third-order valence-electron chi connectivity index (χ3n) is 1.78. The van der Waals surface area contributed by atoms with Gasteiger partial charge in [-0.3, -0.25) is 0 Å². The van der Waals surface area contributed by atoms with E-state index in [1.165, 1.54) is 0 Å². The Balaban J connectivity index is 3.06. The minimum absolute atomic E-state index is 0.210. The van der Waals surface area contributed by atoms with Crippen LogP contribution in [-0.4, -0.2) is 11.9 Å². The summed E-state index contributed by atoms with van der Waals surface area (Å²) in [7, 11) is 0. The Morgan fingerprint density at radius 2 is 1.94 bits per heavy atom. The van der Waals surface area contributed by atoms with Crippen molar-refractivity contribution >= 4 is 36.4 Å². The molecule has 1 aromatic carbocycles. The number of aliphatic imine (C=N–C) groups is 1. The van der Waals surface area contributed by atoms with Gasteiger partial charge in [-0.2, -0.15) is 0 Å². The molecule has 0 aliphatic rings. The third-order valence-corrected chi connectivity index (χ3v) is 2.21. The second-order valence-corrected chi connectivity index (χ2v) is 3.54. The van der Waals surface area contributed by atoms with Crippen molar-refractivity contribution in [3.05, 3.63) is 34.9 Å². The van der Waals surface area contributed by atoms with E-state index in [4.69, 9.17) is 23.1 Å². The lowest BCUT2D eigenvalue weighted by Crippen LogP contribution is -2.25. The number of rotatable bonds is 3. The van der Waals surface area contributed by atoms with E-state index in [1.54, 1.807) is 24.3 Å². The van der Waals surface area contributed by atoms with Gasteiger partial charge >= 0.3 is 5.97 Å². The van der Waals surface area contributed by atoms with Crippen molar-refractivity contribution in [3.8, 4) is 0 Å². The van der Waals surface area contributed by atoms with E-state index >= 15 is 0 Å². The molecule has 0 amide bonds. The van der Waals surface area contributed by atoms with E-state index in [1.807, 2.05) is 0 Å². The molecule has 1 atom stereocenters. The Morgan fingerprint density at radius 3 is 2.38 bits per heavy atom. The van der Waals surface area contributed by atoms with Crippen molar-refractivity contribution < 1.29 is 8.98 Å². The molecular weight excluding hydrogens is 250 g/mol. The van der Waals surface area contributed by atoms with Gasteiger partial charge in [0.25, 0.3) is 0 Å². The molecule has 0 saturated heterocycles. The molecule has 0 spiro atoms. The summed E-state index contributed by atoms with van der Waals surface area (Å²) < 4.78 is 4.30. The number of guanidine groups is 1. The van der Waals surface area contributed by atoms with E-state index in [0.29, 0.717) is 10.6 Å². The average Bonchev–Trinajstić information content (AvgIpc) is 2.26. The van der Waals surface area contributed by atoms with Gasteiger partial charge in [0.05, 0.1) is 0 Å². The van der Waals surface area contributed by atoms with Gasteiger partial charge in [-0.05, 0) is 17.7 Å². The molecule has 1 rings (SSSR count). The molecule has 0 aromatic heterocycles. The topological polar surface area (TPSA) is 90.7 Å². The summed E-state index contributed by atoms with van der Waals surface area (Å²) in [5, 5.41) is 0.548. The normalized spacial score (nSPS) is 11.6. The molecule has 0 aliphatic heterocycles. The molecule has 1 unspecified atom stereocenters. The van der Waals surface area contributed by atoms with Crippen LogP contribution in [0.4, 0.5) is 0 Å². The fourth-order valence-corrected chi connectivity index (χ4v) is 1.33. The highest BCUT2D eigenvalue weighted by Crippen LogP contribution is 2.21. The molecule has 86 valence electrons. The highest BCUT2D eigenvalue weighted by molar-refractivity contribution is 7.75. The van der Waals surface area contributed by atoms with Crippen molar-refractivity contribution in [2.45, 2.75) is 6.04 Å². The van der Waals surface area contributed by atoms with E-state index in [0.717, 1.165) is 0 Å². The monoisotopic (exact) mass is 259 g/mol. The molecule has 5 nitrogen and oxygen atoms in total. The molecule has 16 heavy (non-hydrogen) atoms. The zero-order valence-electron chi connectivity index (χ0n) is 8.13. The first-order valence-corrected chi connectivity index (χ1v) is 4.98. The first-order chi connectivity index (χ1) is 7.54. The van der Waals surface area contributed by atoms with Crippen LogP contribution in [0.5, 0.6) is 0 Å². The van der Waals surface area contributed by atoms with Gasteiger partial charge in [-0.15, -0.1) is 0 Å². The van der Waals surface area contributed by atoms with Crippen LogP contribution in [0.25, 0.3) is 0 Å². The zero-order chi connectivity index (χ0) is 12.1. The Kier molecular flexibility index (Phi) is 4.45. The smallest absolute Gasteiger partial charge is 0.347 e. The van der Waals surface area contributed by atoms with Crippen molar-refractivity contribution in [1.82, 2.24) is 0 Å². The van der Waals surface area contributed by atoms with E-state index in [9.17, 15) is 4.79 Å². The lowest BCUT2D eigenvalue weighted by atomic mass is 10.1. The van der Waals surface area contributed by atoms with Crippen LogP contribution in [0.15, 0.2) is 29.3 Å². The van der Waals surface area contributed by atoms with Crippen LogP contribution >= 0.6 is 24.5 Å². The molecule has 0 radical (unpaired) electrons. The number of carbonyl (C=O) groups is 1. The molecule has 0 bridgehead atoms. The lowest BCUT2D eigenvalue weighted by molar-refractivity contribution is -0.134. The summed E-state index contributed by atoms with van der Waals surface area (Å²) in [4.78, 5) is 15.1. The van der Waals surface area contributed by atoms with Gasteiger partial charge in [-0.25, -0.2) is 9.79 Å². The minimum Gasteiger partial charge on any atom is -0.393 e. The summed E-state index contributed by atoms with van der Waals surface area (Å²) >= 11 is 9.14. The van der Waals surface area contributed by atoms with Crippen LogP contribution in [0, 0.1) is 0 Å². The SMILES string of the molecule is NC(N)=NC(C(=O)OS)c1ccc(Cl)cc1. The lowest BCUT2D eigenvalue weighted by Gasteiger charge is -2.10. The summed E-state index contributed by atoms with van der Waals surface area (Å²) in [6.07, 6.45) is 0. The number of nitrogens with zero attached hydrogens (tertiary/aromatic N) is 1. The summed E-state index contributed by atoms with van der Waals surface area (Å²) in [6, 6.07) is 5.57. The highest BCUT2D eigenvalue weighted by Gasteiger charge is 2.21. The van der Waals surface area contributed by atoms with Crippen molar-refractivity contribution in [2.24, 2.45) is 16.5 Å². The van der Waals surface area contributed by atoms with E-state index in [2.05, 4.69) is 22.1 Å². The molecule has 0 heterocycles. The highest BCUT2D eigenvalue weighted by atomic mass is 35.5. The van der Waals surface area contributed by atoms with Gasteiger partial charge in [0.15, 0.2) is 12.0 Å². The fraction of sp³-hybridized carbons (Fsp3) is 0.111. The van der Waals surface area contributed by atoms with Crippen LogP contribution in [0.2, 0.25) is 5.02 Å². The first kappa shape index (κ1) is 12.7. The van der Waals surface area contributed by atoms with Crippen LogP contribution in [0.1, 0.15) is 11.6 Å². The van der Waals surface area contributed by atoms with Gasteiger partial charge in [-0.1, -0.05) is 23.7 Å². The second kappa shape index (κ2) is 5.62. The minimum atomic E-state index is -0.931. The quantitative estimate of drug-likeness (QED) is 0.327. The number of carbonyl (C=O) groups excluding carboxylic acids is 1. The molecular formula is C9H10ClN3O2S. The van der Waals surface area contributed by atoms with Gasteiger partial charge in [0.2, 0.25) is 0 Å². The maximum Gasteiger partial charge on any atom is 0.347 e. The second-order valence-electron chi connectivity index (χ2n) is 2.92. The predicted octanol–water partition coefficient (Wildman–Crippen LogP) is 1.04. The maximum absolute atomic E-state index is 11.4. The van der Waals surface area contributed by atoms with E-state index < -0.39 is 12.0 Å². The van der Waals surface area contributed by atoms with Gasteiger partial charge in [0, 0.05) is 17.9 Å². The number of hydrogen-bond donors (Lipinski definition) is 3. The van der Waals surface area contributed by atoms with E-state index in [-0.39, 0.29) is 5.96 Å². The summed E-state index contributed by atoms with van der Waals surface area (Å²) in [5.41, 5.74) is 11.0. The molecule has 0 fully saturated rings. The van der Waals surface area contributed by atoms with Crippen LogP contribution in [-0.2, 0) is 8.98 Å². The molecule has 1 aromatic rings. The van der Waals surface area contributed by atoms with Crippen molar-refractivity contribution in [2.75, 3.05) is 0 Å². The standard InChI is InChI=1S/C9H10ClN3O2S/c10-6-3-1-5(2-4-6)7(8(14)15-16)13-9(11)12/h1-4,7,16H,(H4,11,12,13). The molecule has 7 heteroatoms.